The predicted octanol–water partition coefficient (Wildman–Crippen LogP) is 4.47. The largest absolute Gasteiger partial charge is 0.489 e. The van der Waals surface area contributed by atoms with E-state index >= 15 is 0 Å². The Kier molecular flexibility index (Phi) is 4.63. The van der Waals surface area contributed by atoms with Crippen molar-refractivity contribution in [2.75, 3.05) is 11.9 Å². The molecule has 0 spiro atoms. The van der Waals surface area contributed by atoms with Gasteiger partial charge < -0.3 is 10.1 Å². The Labute approximate surface area is 140 Å². The first kappa shape index (κ1) is 15.6. The van der Waals surface area contributed by atoms with E-state index in [1.54, 1.807) is 0 Å². The van der Waals surface area contributed by atoms with Gasteiger partial charge in [0.15, 0.2) is 0 Å². The van der Waals surface area contributed by atoms with Crippen molar-refractivity contribution in [2.24, 2.45) is 0 Å². The number of ether oxygens (including phenoxy) is 1. The molecule has 4 nitrogen and oxygen atoms in total. The van der Waals surface area contributed by atoms with Crippen molar-refractivity contribution in [3.8, 4) is 5.75 Å². The van der Waals surface area contributed by atoms with Gasteiger partial charge in [-0.25, -0.2) is 9.97 Å². The molecule has 2 aromatic carbocycles. The number of benzene rings is 2. The van der Waals surface area contributed by atoms with Crippen molar-refractivity contribution in [1.82, 2.24) is 9.97 Å². The quantitative estimate of drug-likeness (QED) is 0.702. The van der Waals surface area contributed by atoms with Crippen LogP contribution in [0.3, 0.4) is 0 Å². The van der Waals surface area contributed by atoms with Gasteiger partial charge in [0, 0.05) is 5.39 Å². The highest BCUT2D eigenvalue weighted by atomic mass is 35.5. The Bertz CT molecular complexity index is 805. The summed E-state index contributed by atoms with van der Waals surface area (Å²) in [6.07, 6.45) is -0.00907. The molecule has 0 aliphatic heterocycles. The normalized spacial score (nSPS) is 12.1. The minimum atomic E-state index is -0.00907. The van der Waals surface area contributed by atoms with Crippen LogP contribution in [0.4, 0.5) is 5.82 Å². The topological polar surface area (TPSA) is 47.0 Å². The van der Waals surface area contributed by atoms with E-state index in [4.69, 9.17) is 16.3 Å². The number of nitrogens with one attached hydrogen (secondary N) is 1. The van der Waals surface area contributed by atoms with Crippen LogP contribution in [-0.2, 0) is 0 Å². The maximum atomic E-state index is 5.99. The number of fused-ring (bicyclic) bond motifs is 1. The number of aryl methyl sites for hydroxylation is 1. The number of hydrogen-bond donors (Lipinski definition) is 1. The van der Waals surface area contributed by atoms with E-state index in [-0.39, 0.29) is 11.4 Å². The number of rotatable bonds is 5. The average Bonchev–Trinajstić information content (AvgIpc) is 2.54. The van der Waals surface area contributed by atoms with Crippen LogP contribution < -0.4 is 10.1 Å². The van der Waals surface area contributed by atoms with Gasteiger partial charge in [-0.1, -0.05) is 29.8 Å². The first-order chi connectivity index (χ1) is 11.1. The molecular weight excluding hydrogens is 310 g/mol. The second-order valence-electron chi connectivity index (χ2n) is 5.48. The van der Waals surface area contributed by atoms with Gasteiger partial charge in [0.05, 0.1) is 12.1 Å². The third-order valence-electron chi connectivity index (χ3n) is 3.49. The van der Waals surface area contributed by atoms with Gasteiger partial charge in [-0.15, -0.1) is 0 Å². The minimum absolute atomic E-state index is 0.00907. The lowest BCUT2D eigenvalue weighted by molar-refractivity contribution is 0.234. The Morgan fingerprint density at radius 2 is 1.83 bits per heavy atom. The van der Waals surface area contributed by atoms with Crippen LogP contribution in [0, 0.1) is 6.92 Å². The lowest BCUT2D eigenvalue weighted by atomic mass is 10.2. The first-order valence-electron chi connectivity index (χ1n) is 7.51. The monoisotopic (exact) mass is 327 g/mol. The fourth-order valence-corrected chi connectivity index (χ4v) is 2.49. The average molecular weight is 328 g/mol. The van der Waals surface area contributed by atoms with Gasteiger partial charge in [0.25, 0.3) is 0 Å². The van der Waals surface area contributed by atoms with Gasteiger partial charge in [-0.2, -0.15) is 0 Å². The van der Waals surface area contributed by atoms with Gasteiger partial charge in [0.1, 0.15) is 17.7 Å². The number of hydrogen-bond acceptors (Lipinski definition) is 4. The van der Waals surface area contributed by atoms with Gasteiger partial charge in [0.2, 0.25) is 5.28 Å². The van der Waals surface area contributed by atoms with Crippen LogP contribution in [0.5, 0.6) is 5.75 Å². The lowest BCUT2D eigenvalue weighted by Gasteiger charge is -2.16. The Balaban J connectivity index is 1.69. The zero-order valence-electron chi connectivity index (χ0n) is 13.1. The molecule has 0 amide bonds. The number of halogens is 1. The lowest BCUT2D eigenvalue weighted by Crippen LogP contribution is -2.23. The Morgan fingerprint density at radius 1 is 1.09 bits per heavy atom. The van der Waals surface area contributed by atoms with Crippen molar-refractivity contribution < 1.29 is 4.74 Å². The molecule has 0 bridgehead atoms. The van der Waals surface area contributed by atoms with Crippen molar-refractivity contribution >= 4 is 28.3 Å². The SMILES string of the molecule is Cc1ccc(OC(C)CNc2nc(Cl)nc3ccccc23)cc1. The van der Waals surface area contributed by atoms with Crippen molar-refractivity contribution in [2.45, 2.75) is 20.0 Å². The summed E-state index contributed by atoms with van der Waals surface area (Å²) in [7, 11) is 0. The highest BCUT2D eigenvalue weighted by Crippen LogP contribution is 2.22. The third kappa shape index (κ3) is 3.90. The second-order valence-corrected chi connectivity index (χ2v) is 5.82. The molecule has 3 rings (SSSR count). The summed E-state index contributed by atoms with van der Waals surface area (Å²) in [5.74, 6) is 1.58. The highest BCUT2D eigenvalue weighted by Gasteiger charge is 2.09. The molecule has 3 aromatic rings. The molecule has 0 radical (unpaired) electrons. The molecular formula is C18H18ClN3O. The molecule has 1 N–H and O–H groups in total. The summed E-state index contributed by atoms with van der Waals surface area (Å²) >= 11 is 5.99. The van der Waals surface area contributed by atoms with Crippen LogP contribution in [0.2, 0.25) is 5.28 Å². The van der Waals surface area contributed by atoms with E-state index in [2.05, 4.69) is 22.2 Å². The second kappa shape index (κ2) is 6.84. The molecule has 1 heterocycles. The van der Waals surface area contributed by atoms with Gasteiger partial charge in [-0.3, -0.25) is 0 Å². The molecule has 1 unspecified atom stereocenters. The first-order valence-corrected chi connectivity index (χ1v) is 7.89. The minimum Gasteiger partial charge on any atom is -0.489 e. The standard InChI is InChI=1S/C18H18ClN3O/c1-12-7-9-14(10-8-12)23-13(2)11-20-17-15-5-3-4-6-16(15)21-18(19)22-17/h3-10,13H,11H2,1-2H3,(H,20,21,22). The van der Waals surface area contributed by atoms with E-state index in [0.29, 0.717) is 6.54 Å². The number of anilines is 1. The molecule has 0 saturated carbocycles. The summed E-state index contributed by atoms with van der Waals surface area (Å²) in [5, 5.41) is 4.48. The molecule has 118 valence electrons. The fraction of sp³-hybridized carbons (Fsp3) is 0.222. The van der Waals surface area contributed by atoms with Crippen LogP contribution in [0.25, 0.3) is 10.9 Å². The maximum Gasteiger partial charge on any atom is 0.224 e. The molecule has 5 heteroatoms. The number of nitrogens with zero attached hydrogens (tertiary/aromatic N) is 2. The van der Waals surface area contributed by atoms with Crippen molar-refractivity contribution in [3.63, 3.8) is 0 Å². The molecule has 23 heavy (non-hydrogen) atoms. The van der Waals surface area contributed by atoms with E-state index in [0.717, 1.165) is 22.5 Å². The van der Waals surface area contributed by atoms with E-state index in [1.165, 1.54) is 5.56 Å². The molecule has 0 aliphatic carbocycles. The van der Waals surface area contributed by atoms with Gasteiger partial charge >= 0.3 is 0 Å². The Morgan fingerprint density at radius 3 is 2.61 bits per heavy atom. The summed E-state index contributed by atoms with van der Waals surface area (Å²) in [6, 6.07) is 15.8. The van der Waals surface area contributed by atoms with E-state index in [9.17, 15) is 0 Å². The zero-order valence-corrected chi connectivity index (χ0v) is 13.8. The molecule has 0 fully saturated rings. The van der Waals surface area contributed by atoms with Crippen LogP contribution >= 0.6 is 11.6 Å². The smallest absolute Gasteiger partial charge is 0.224 e. The third-order valence-corrected chi connectivity index (χ3v) is 3.66. The summed E-state index contributed by atoms with van der Waals surface area (Å²) in [6.45, 7) is 4.68. The van der Waals surface area contributed by atoms with E-state index in [1.807, 2.05) is 55.5 Å². The molecule has 1 aromatic heterocycles. The summed E-state index contributed by atoms with van der Waals surface area (Å²) in [5.41, 5.74) is 2.03. The van der Waals surface area contributed by atoms with Crippen molar-refractivity contribution in [3.05, 3.63) is 59.4 Å². The molecule has 1 atom stereocenters. The molecule has 0 aliphatic rings. The number of aromatic nitrogens is 2. The Hall–Kier alpha value is -2.33. The molecule has 0 saturated heterocycles. The van der Waals surface area contributed by atoms with Crippen molar-refractivity contribution in [1.29, 1.82) is 0 Å². The fourth-order valence-electron chi connectivity index (χ4n) is 2.31. The van der Waals surface area contributed by atoms with Crippen LogP contribution in [0.1, 0.15) is 12.5 Å². The van der Waals surface area contributed by atoms with Gasteiger partial charge in [-0.05, 0) is 49.7 Å². The summed E-state index contributed by atoms with van der Waals surface area (Å²) < 4.78 is 5.89. The summed E-state index contributed by atoms with van der Waals surface area (Å²) in [4.78, 5) is 8.50. The zero-order chi connectivity index (χ0) is 16.2. The predicted molar refractivity (Wildman–Crippen MR) is 94.3 cm³/mol. The van der Waals surface area contributed by atoms with Crippen LogP contribution in [-0.4, -0.2) is 22.6 Å². The number of para-hydroxylation sites is 1. The van der Waals surface area contributed by atoms with Crippen LogP contribution in [0.15, 0.2) is 48.5 Å². The highest BCUT2D eigenvalue weighted by molar-refractivity contribution is 6.28. The maximum absolute atomic E-state index is 5.99. The van der Waals surface area contributed by atoms with E-state index < -0.39 is 0 Å².